The molecule has 0 radical (unpaired) electrons. The van der Waals surface area contributed by atoms with Gasteiger partial charge in [0.1, 0.15) is 11.5 Å². The molecule has 180 valence electrons. The van der Waals surface area contributed by atoms with Crippen molar-refractivity contribution in [1.29, 1.82) is 0 Å². The molecular formula is C27H27N3O4S. The van der Waals surface area contributed by atoms with Crippen molar-refractivity contribution in [2.75, 3.05) is 20.8 Å². The van der Waals surface area contributed by atoms with Gasteiger partial charge in [0.25, 0.3) is 0 Å². The molecule has 0 saturated heterocycles. The molecule has 7 nitrogen and oxygen atoms in total. The van der Waals surface area contributed by atoms with E-state index in [1.807, 2.05) is 60.7 Å². The maximum atomic E-state index is 6.02. The summed E-state index contributed by atoms with van der Waals surface area (Å²) in [7, 11) is 3.16. The first-order valence-electron chi connectivity index (χ1n) is 11.3. The van der Waals surface area contributed by atoms with Crippen LogP contribution in [-0.2, 0) is 0 Å². The molecule has 0 saturated carbocycles. The molecule has 0 bridgehead atoms. The predicted molar refractivity (Wildman–Crippen MR) is 136 cm³/mol. The lowest BCUT2D eigenvalue weighted by Crippen LogP contribution is -2.05. The fourth-order valence-electron chi connectivity index (χ4n) is 3.21. The minimum atomic E-state index is 0.109. The van der Waals surface area contributed by atoms with Crippen LogP contribution in [0.2, 0.25) is 0 Å². The van der Waals surface area contributed by atoms with E-state index in [-0.39, 0.29) is 18.0 Å². The van der Waals surface area contributed by atoms with Gasteiger partial charge in [-0.15, -0.1) is 15.0 Å². The summed E-state index contributed by atoms with van der Waals surface area (Å²) in [5.41, 5.74) is 2.11. The van der Waals surface area contributed by atoms with Crippen LogP contribution in [0.25, 0.3) is 11.1 Å². The molecule has 4 rings (SSSR count). The van der Waals surface area contributed by atoms with Gasteiger partial charge in [-0.2, -0.15) is 0 Å². The zero-order valence-electron chi connectivity index (χ0n) is 19.9. The summed E-state index contributed by atoms with van der Waals surface area (Å²) in [6.45, 7) is 2.60. The highest BCUT2D eigenvalue weighted by atomic mass is 32.2. The molecule has 3 aromatic carbocycles. The fraction of sp³-hybridized carbons (Fsp3) is 0.222. The van der Waals surface area contributed by atoms with Crippen molar-refractivity contribution < 1.29 is 18.9 Å². The number of nitrogens with zero attached hydrogens (tertiary/aromatic N) is 3. The molecule has 1 aromatic heterocycles. The highest BCUT2D eigenvalue weighted by molar-refractivity contribution is 7.99. The fourth-order valence-corrected chi connectivity index (χ4v) is 4.16. The van der Waals surface area contributed by atoms with E-state index in [0.717, 1.165) is 39.5 Å². The molecule has 35 heavy (non-hydrogen) atoms. The van der Waals surface area contributed by atoms with Crippen LogP contribution in [0.15, 0.2) is 82.6 Å². The maximum absolute atomic E-state index is 6.02. The van der Waals surface area contributed by atoms with Gasteiger partial charge >= 0.3 is 18.0 Å². The average molecular weight is 490 g/mol. The maximum Gasteiger partial charge on any atom is 0.331 e. The molecule has 0 unspecified atom stereocenters. The van der Waals surface area contributed by atoms with Crippen LogP contribution in [0, 0.1) is 0 Å². The van der Waals surface area contributed by atoms with Crippen LogP contribution in [0.3, 0.4) is 0 Å². The second-order valence-electron chi connectivity index (χ2n) is 7.49. The Morgan fingerprint density at radius 3 is 2.17 bits per heavy atom. The Balaban J connectivity index is 1.63. The molecule has 0 aliphatic heterocycles. The van der Waals surface area contributed by atoms with Gasteiger partial charge in [-0.1, -0.05) is 55.4 Å². The lowest BCUT2D eigenvalue weighted by Gasteiger charge is -2.13. The standard InChI is InChI=1S/C27H27N3O4S/c1-4-5-17-33-26-28-25(32-3)29-27(30-26)34-21-13-16-24(23(18-21)19-9-7-6-8-10-19)35-22-14-11-20(31-2)12-15-22/h6-16,18H,4-5,17H2,1-3H3. The van der Waals surface area contributed by atoms with Gasteiger partial charge in [-0.3, -0.25) is 0 Å². The summed E-state index contributed by atoms with van der Waals surface area (Å²) >= 11 is 1.67. The number of methoxy groups -OCH3 is 2. The van der Waals surface area contributed by atoms with Crippen LogP contribution in [0.5, 0.6) is 29.5 Å². The zero-order chi connectivity index (χ0) is 24.5. The molecule has 1 heterocycles. The molecule has 4 aromatic rings. The molecule has 0 fully saturated rings. The average Bonchev–Trinajstić information content (AvgIpc) is 2.90. The quantitative estimate of drug-likeness (QED) is 0.216. The Morgan fingerprint density at radius 1 is 0.743 bits per heavy atom. The number of aromatic nitrogens is 3. The number of rotatable bonds is 11. The predicted octanol–water partition coefficient (Wildman–Crippen LogP) is 6.68. The number of hydrogen-bond acceptors (Lipinski definition) is 8. The van der Waals surface area contributed by atoms with Crippen molar-refractivity contribution in [3.05, 3.63) is 72.8 Å². The molecule has 0 aliphatic carbocycles. The van der Waals surface area contributed by atoms with Gasteiger partial charge in [-0.25, -0.2) is 0 Å². The minimum Gasteiger partial charge on any atom is -0.497 e. The van der Waals surface area contributed by atoms with Crippen LogP contribution >= 0.6 is 11.8 Å². The van der Waals surface area contributed by atoms with Crippen molar-refractivity contribution in [3.8, 4) is 40.7 Å². The largest absolute Gasteiger partial charge is 0.497 e. The third-order valence-electron chi connectivity index (χ3n) is 5.02. The number of ether oxygens (including phenoxy) is 4. The van der Waals surface area contributed by atoms with Gasteiger partial charge in [0.05, 0.1) is 20.8 Å². The zero-order valence-corrected chi connectivity index (χ0v) is 20.7. The van der Waals surface area contributed by atoms with E-state index in [2.05, 4.69) is 34.0 Å². The molecular weight excluding hydrogens is 462 g/mol. The Morgan fingerprint density at radius 2 is 1.46 bits per heavy atom. The smallest absolute Gasteiger partial charge is 0.331 e. The summed E-state index contributed by atoms with van der Waals surface area (Å²) in [4.78, 5) is 14.9. The summed E-state index contributed by atoms with van der Waals surface area (Å²) in [6.07, 6.45) is 1.91. The third kappa shape index (κ3) is 6.64. The first kappa shape index (κ1) is 24.3. The Kier molecular flexibility index (Phi) is 8.40. The number of benzene rings is 3. The molecule has 0 atom stereocenters. The van der Waals surface area contributed by atoms with Gasteiger partial charge < -0.3 is 18.9 Å². The topological polar surface area (TPSA) is 75.6 Å². The Bertz CT molecular complexity index is 1240. The van der Waals surface area contributed by atoms with E-state index in [1.165, 1.54) is 7.11 Å². The van der Waals surface area contributed by atoms with E-state index in [0.29, 0.717) is 12.4 Å². The Labute approximate surface area is 209 Å². The van der Waals surface area contributed by atoms with E-state index in [1.54, 1.807) is 18.9 Å². The van der Waals surface area contributed by atoms with Gasteiger partial charge in [0, 0.05) is 9.79 Å². The van der Waals surface area contributed by atoms with Gasteiger partial charge in [0.2, 0.25) is 0 Å². The number of unbranched alkanes of at least 4 members (excludes halogenated alkanes) is 1. The second-order valence-corrected chi connectivity index (χ2v) is 8.61. The minimum absolute atomic E-state index is 0.109. The van der Waals surface area contributed by atoms with Crippen molar-refractivity contribution >= 4 is 11.8 Å². The molecule has 0 amide bonds. The molecule has 0 spiro atoms. The van der Waals surface area contributed by atoms with Crippen LogP contribution in [-0.4, -0.2) is 35.8 Å². The van der Waals surface area contributed by atoms with Crippen molar-refractivity contribution in [2.24, 2.45) is 0 Å². The van der Waals surface area contributed by atoms with E-state index in [9.17, 15) is 0 Å². The van der Waals surface area contributed by atoms with Crippen molar-refractivity contribution in [3.63, 3.8) is 0 Å². The summed E-state index contributed by atoms with van der Waals surface area (Å²) in [5, 5.41) is 0. The summed E-state index contributed by atoms with van der Waals surface area (Å²) < 4.78 is 22.1. The monoisotopic (exact) mass is 489 g/mol. The van der Waals surface area contributed by atoms with E-state index < -0.39 is 0 Å². The van der Waals surface area contributed by atoms with Crippen molar-refractivity contribution in [1.82, 2.24) is 15.0 Å². The summed E-state index contributed by atoms with van der Waals surface area (Å²) in [5.74, 6) is 1.42. The van der Waals surface area contributed by atoms with Gasteiger partial charge in [0.15, 0.2) is 0 Å². The van der Waals surface area contributed by atoms with Crippen LogP contribution < -0.4 is 18.9 Å². The van der Waals surface area contributed by atoms with Crippen molar-refractivity contribution in [2.45, 2.75) is 29.6 Å². The second kappa shape index (κ2) is 12.1. The normalized spacial score (nSPS) is 10.6. The van der Waals surface area contributed by atoms with Crippen LogP contribution in [0.4, 0.5) is 0 Å². The van der Waals surface area contributed by atoms with Crippen LogP contribution in [0.1, 0.15) is 19.8 Å². The lowest BCUT2D eigenvalue weighted by molar-refractivity contribution is 0.266. The summed E-state index contributed by atoms with van der Waals surface area (Å²) in [6, 6.07) is 24.5. The molecule has 0 N–H and O–H groups in total. The number of hydrogen-bond donors (Lipinski definition) is 0. The first-order chi connectivity index (χ1) is 17.2. The Hall–Kier alpha value is -3.78. The van der Waals surface area contributed by atoms with E-state index in [4.69, 9.17) is 18.9 Å². The van der Waals surface area contributed by atoms with E-state index >= 15 is 0 Å². The lowest BCUT2D eigenvalue weighted by atomic mass is 10.1. The van der Waals surface area contributed by atoms with Gasteiger partial charge in [-0.05, 0) is 60.0 Å². The highest BCUT2D eigenvalue weighted by Gasteiger charge is 2.13. The third-order valence-corrected chi connectivity index (χ3v) is 6.10. The highest BCUT2D eigenvalue weighted by Crippen LogP contribution is 2.39. The SMILES string of the molecule is CCCCOc1nc(OC)nc(Oc2ccc(Sc3ccc(OC)cc3)c(-c3ccccc3)c2)n1. The molecule has 0 aliphatic rings. The first-order valence-corrected chi connectivity index (χ1v) is 12.1. The molecule has 8 heteroatoms.